The minimum Gasteiger partial charge on any atom is -0.307 e. The van der Waals surface area contributed by atoms with Crippen LogP contribution >= 0.6 is 11.3 Å². The molecule has 1 fully saturated rings. The molecule has 5 heteroatoms. The summed E-state index contributed by atoms with van der Waals surface area (Å²) in [7, 11) is 0. The number of thiophene rings is 1. The smallest absolute Gasteiger partial charge is 0.182 e. The van der Waals surface area contributed by atoms with Crippen molar-refractivity contribution in [2.24, 2.45) is 0 Å². The van der Waals surface area contributed by atoms with Gasteiger partial charge >= 0.3 is 0 Å². The molecule has 0 amide bonds. The summed E-state index contributed by atoms with van der Waals surface area (Å²) in [5, 5.41) is 14.8. The van der Waals surface area contributed by atoms with Gasteiger partial charge in [-0.3, -0.25) is 5.10 Å². The van der Waals surface area contributed by atoms with Crippen LogP contribution in [0.5, 0.6) is 0 Å². The number of H-pyrrole nitrogens is 1. The zero-order valence-corrected chi connectivity index (χ0v) is 9.05. The molecule has 1 aliphatic heterocycles. The van der Waals surface area contributed by atoms with Gasteiger partial charge in [-0.1, -0.05) is 0 Å². The van der Waals surface area contributed by atoms with Crippen molar-refractivity contribution in [3.05, 3.63) is 22.7 Å². The average Bonchev–Trinajstić information content (AvgIpc) is 3.02. The second-order valence-electron chi connectivity index (χ2n) is 3.71. The van der Waals surface area contributed by atoms with Gasteiger partial charge in [-0.25, -0.2) is 4.98 Å². The SMILES string of the molecule is c1cc(-c2n[nH]c([C@@H]3CCCN3)n2)cs1. The number of rotatable bonds is 2. The highest BCUT2D eigenvalue weighted by molar-refractivity contribution is 7.08. The highest BCUT2D eigenvalue weighted by Gasteiger charge is 2.20. The Morgan fingerprint density at radius 1 is 1.47 bits per heavy atom. The average molecular weight is 220 g/mol. The van der Waals surface area contributed by atoms with Gasteiger partial charge < -0.3 is 5.32 Å². The minimum absolute atomic E-state index is 0.366. The van der Waals surface area contributed by atoms with E-state index in [-0.39, 0.29) is 0 Å². The maximum Gasteiger partial charge on any atom is 0.182 e. The van der Waals surface area contributed by atoms with E-state index < -0.39 is 0 Å². The first kappa shape index (κ1) is 9.06. The van der Waals surface area contributed by atoms with Crippen LogP contribution in [-0.2, 0) is 0 Å². The van der Waals surface area contributed by atoms with Gasteiger partial charge in [0.15, 0.2) is 5.82 Å². The Balaban J connectivity index is 1.87. The molecule has 3 rings (SSSR count). The lowest BCUT2D eigenvalue weighted by Crippen LogP contribution is -2.14. The quantitative estimate of drug-likeness (QED) is 0.813. The van der Waals surface area contributed by atoms with E-state index in [1.807, 2.05) is 11.4 Å². The van der Waals surface area contributed by atoms with Gasteiger partial charge in [0.05, 0.1) is 6.04 Å². The molecule has 1 aliphatic rings. The zero-order chi connectivity index (χ0) is 10.1. The van der Waals surface area contributed by atoms with Crippen LogP contribution < -0.4 is 5.32 Å². The zero-order valence-electron chi connectivity index (χ0n) is 8.23. The highest BCUT2D eigenvalue weighted by Crippen LogP contribution is 2.23. The Morgan fingerprint density at radius 3 is 3.20 bits per heavy atom. The summed E-state index contributed by atoms with van der Waals surface area (Å²) in [4.78, 5) is 4.51. The first-order chi connectivity index (χ1) is 7.43. The van der Waals surface area contributed by atoms with Gasteiger partial charge in [-0.2, -0.15) is 16.4 Å². The molecule has 3 heterocycles. The molecule has 1 saturated heterocycles. The van der Waals surface area contributed by atoms with Crippen molar-refractivity contribution in [2.75, 3.05) is 6.54 Å². The van der Waals surface area contributed by atoms with E-state index in [9.17, 15) is 0 Å². The molecule has 2 aromatic heterocycles. The van der Waals surface area contributed by atoms with E-state index in [1.54, 1.807) is 11.3 Å². The summed E-state index contributed by atoms with van der Waals surface area (Å²) in [6.07, 6.45) is 2.37. The molecule has 2 aromatic rings. The van der Waals surface area contributed by atoms with Crippen LogP contribution in [0.3, 0.4) is 0 Å². The van der Waals surface area contributed by atoms with E-state index in [1.165, 1.54) is 6.42 Å². The molecule has 4 nitrogen and oxygen atoms in total. The topological polar surface area (TPSA) is 53.6 Å². The van der Waals surface area contributed by atoms with Crippen LogP contribution in [0.4, 0.5) is 0 Å². The Labute approximate surface area is 91.7 Å². The molecule has 0 aromatic carbocycles. The predicted octanol–water partition coefficient (Wildman–Crippen LogP) is 1.96. The molecular weight excluding hydrogens is 208 g/mol. The summed E-state index contributed by atoms with van der Waals surface area (Å²) in [5.41, 5.74) is 1.10. The lowest BCUT2D eigenvalue weighted by atomic mass is 10.2. The van der Waals surface area contributed by atoms with Crippen molar-refractivity contribution < 1.29 is 0 Å². The predicted molar refractivity (Wildman–Crippen MR) is 59.7 cm³/mol. The number of hydrogen-bond donors (Lipinski definition) is 2. The molecule has 0 spiro atoms. The minimum atomic E-state index is 0.366. The maximum atomic E-state index is 4.51. The van der Waals surface area contributed by atoms with E-state index >= 15 is 0 Å². The van der Waals surface area contributed by atoms with Gasteiger partial charge in [-0.05, 0) is 30.8 Å². The van der Waals surface area contributed by atoms with Crippen molar-refractivity contribution >= 4 is 11.3 Å². The van der Waals surface area contributed by atoms with Crippen LogP contribution in [0.1, 0.15) is 24.7 Å². The fourth-order valence-corrected chi connectivity index (χ4v) is 2.50. The molecule has 0 aliphatic carbocycles. The Kier molecular flexibility index (Phi) is 2.26. The van der Waals surface area contributed by atoms with E-state index in [0.717, 1.165) is 30.2 Å². The fourth-order valence-electron chi connectivity index (χ4n) is 1.87. The lowest BCUT2D eigenvalue weighted by molar-refractivity contribution is 0.608. The second-order valence-corrected chi connectivity index (χ2v) is 4.49. The molecule has 78 valence electrons. The van der Waals surface area contributed by atoms with Crippen molar-refractivity contribution in [2.45, 2.75) is 18.9 Å². The number of aromatic nitrogens is 3. The van der Waals surface area contributed by atoms with Crippen LogP contribution in [-0.4, -0.2) is 21.7 Å². The van der Waals surface area contributed by atoms with Crippen LogP contribution in [0.15, 0.2) is 16.8 Å². The third-order valence-corrected chi connectivity index (χ3v) is 3.36. The second kappa shape index (κ2) is 3.75. The number of hydrogen-bond acceptors (Lipinski definition) is 4. The van der Waals surface area contributed by atoms with Gasteiger partial charge in [0.2, 0.25) is 0 Å². The normalized spacial score (nSPS) is 20.9. The Hall–Kier alpha value is -1.20. The first-order valence-corrected chi connectivity index (χ1v) is 6.06. The van der Waals surface area contributed by atoms with E-state index in [2.05, 4.69) is 25.9 Å². The van der Waals surface area contributed by atoms with Crippen molar-refractivity contribution in [1.82, 2.24) is 20.5 Å². The van der Waals surface area contributed by atoms with Crippen molar-refractivity contribution in [1.29, 1.82) is 0 Å². The van der Waals surface area contributed by atoms with E-state index in [0.29, 0.717) is 6.04 Å². The Morgan fingerprint density at radius 2 is 2.47 bits per heavy atom. The van der Waals surface area contributed by atoms with Crippen LogP contribution in [0.2, 0.25) is 0 Å². The van der Waals surface area contributed by atoms with Gasteiger partial charge in [0, 0.05) is 10.9 Å². The maximum absolute atomic E-state index is 4.51. The molecule has 1 atom stereocenters. The van der Waals surface area contributed by atoms with Crippen LogP contribution in [0, 0.1) is 0 Å². The highest BCUT2D eigenvalue weighted by atomic mass is 32.1. The largest absolute Gasteiger partial charge is 0.307 e. The summed E-state index contributed by atoms with van der Waals surface area (Å²) in [5.74, 6) is 1.77. The number of nitrogens with zero attached hydrogens (tertiary/aromatic N) is 2. The molecule has 0 unspecified atom stereocenters. The molecular formula is C10H12N4S. The molecule has 15 heavy (non-hydrogen) atoms. The van der Waals surface area contributed by atoms with Crippen molar-refractivity contribution in [3.8, 4) is 11.4 Å². The molecule has 0 saturated carbocycles. The van der Waals surface area contributed by atoms with Crippen LogP contribution in [0.25, 0.3) is 11.4 Å². The monoisotopic (exact) mass is 220 g/mol. The molecule has 0 radical (unpaired) electrons. The van der Waals surface area contributed by atoms with Gasteiger partial charge in [0.1, 0.15) is 5.82 Å². The molecule has 2 N–H and O–H groups in total. The molecule has 0 bridgehead atoms. The van der Waals surface area contributed by atoms with Crippen molar-refractivity contribution in [3.63, 3.8) is 0 Å². The third kappa shape index (κ3) is 1.68. The number of aromatic amines is 1. The van der Waals surface area contributed by atoms with E-state index in [4.69, 9.17) is 0 Å². The lowest BCUT2D eigenvalue weighted by Gasteiger charge is -2.03. The first-order valence-electron chi connectivity index (χ1n) is 5.12. The summed E-state index contributed by atoms with van der Waals surface area (Å²) < 4.78 is 0. The fraction of sp³-hybridized carbons (Fsp3) is 0.400. The Bertz CT molecular complexity index is 428. The summed E-state index contributed by atoms with van der Waals surface area (Å²) in [6.45, 7) is 1.08. The summed E-state index contributed by atoms with van der Waals surface area (Å²) >= 11 is 1.67. The summed E-state index contributed by atoms with van der Waals surface area (Å²) in [6, 6.07) is 2.41. The standard InChI is InChI=1S/C10H12N4S/c1-2-8(11-4-1)10-12-9(13-14-10)7-3-5-15-6-7/h3,5-6,8,11H,1-2,4H2,(H,12,13,14)/t8-/m0/s1. The number of nitrogens with one attached hydrogen (secondary N) is 2. The third-order valence-electron chi connectivity index (χ3n) is 2.67. The van der Waals surface area contributed by atoms with Gasteiger partial charge in [0.25, 0.3) is 0 Å². The van der Waals surface area contributed by atoms with Gasteiger partial charge in [-0.15, -0.1) is 0 Å².